The molecule has 1 saturated heterocycles. The summed E-state index contributed by atoms with van der Waals surface area (Å²) in [6, 6.07) is 0. The Morgan fingerprint density at radius 2 is 1.80 bits per heavy atom. The zero-order valence-electron chi connectivity index (χ0n) is 12.3. The molecule has 1 amide bonds. The van der Waals surface area contributed by atoms with Gasteiger partial charge in [0.05, 0.1) is 24.4 Å². The molecule has 0 aromatic heterocycles. The second kappa shape index (κ2) is 4.46. The zero-order chi connectivity index (χ0) is 15.3. The first-order valence-corrected chi connectivity index (χ1v) is 6.75. The smallest absolute Gasteiger partial charge is 0.313 e. The predicted octanol–water partition coefficient (Wildman–Crippen LogP) is 0.755. The van der Waals surface area contributed by atoms with Crippen LogP contribution < -0.4 is 0 Å². The lowest BCUT2D eigenvalue weighted by Crippen LogP contribution is -2.37. The number of nitrogens with zero attached hydrogens (tertiary/aromatic N) is 1. The molecule has 1 N–H and O–H groups in total. The Balaban J connectivity index is 2.07. The Morgan fingerprint density at radius 3 is 2.25 bits per heavy atom. The molecule has 2 rings (SSSR count). The second-order valence-corrected chi connectivity index (χ2v) is 6.68. The third kappa shape index (κ3) is 2.07. The fraction of sp³-hybridized carbons (Fsp3) is 0.786. The minimum atomic E-state index is -0.928. The van der Waals surface area contributed by atoms with Crippen molar-refractivity contribution in [2.45, 2.75) is 27.2 Å². The Morgan fingerprint density at radius 1 is 1.20 bits per heavy atom. The third-order valence-corrected chi connectivity index (χ3v) is 4.82. The van der Waals surface area contributed by atoms with Gasteiger partial charge in [0.1, 0.15) is 0 Å². The summed E-state index contributed by atoms with van der Waals surface area (Å²) < 4.78 is 4.77. The van der Waals surface area contributed by atoms with Crippen molar-refractivity contribution in [3.63, 3.8) is 0 Å². The molecule has 0 aromatic carbocycles. The van der Waals surface area contributed by atoms with E-state index < -0.39 is 28.6 Å². The fourth-order valence-electron chi connectivity index (χ4n) is 3.32. The highest BCUT2D eigenvalue weighted by Crippen LogP contribution is 2.59. The monoisotopic (exact) mass is 283 g/mol. The van der Waals surface area contributed by atoms with Gasteiger partial charge in [0.2, 0.25) is 5.91 Å². The molecule has 112 valence electrons. The van der Waals surface area contributed by atoms with Crippen LogP contribution in [0.3, 0.4) is 0 Å². The lowest BCUT2D eigenvalue weighted by atomic mass is 9.90. The summed E-state index contributed by atoms with van der Waals surface area (Å²) in [6.07, 6.45) is 0.552. The number of carbonyl (C=O) groups excluding carboxylic acids is 2. The minimum Gasteiger partial charge on any atom is -0.481 e. The van der Waals surface area contributed by atoms with Crippen LogP contribution in [0.15, 0.2) is 0 Å². The van der Waals surface area contributed by atoms with Gasteiger partial charge in [0.25, 0.3) is 0 Å². The van der Waals surface area contributed by atoms with Gasteiger partial charge >= 0.3 is 11.9 Å². The molecular weight excluding hydrogens is 262 g/mol. The molecule has 0 radical (unpaired) electrons. The summed E-state index contributed by atoms with van der Waals surface area (Å²) in [7, 11) is 1.34. The fourth-order valence-corrected chi connectivity index (χ4v) is 3.32. The maximum atomic E-state index is 12.4. The molecule has 6 heteroatoms. The molecule has 6 nitrogen and oxygen atoms in total. The summed E-state index contributed by atoms with van der Waals surface area (Å²) >= 11 is 0. The number of carboxylic acid groups (broad SMARTS) is 1. The standard InChI is InChI=1S/C14H21NO5/c1-13(2)8(9(13)11(17)18)10(16)15-6-5-14(3,7-15)12(19)20-4/h8-9H,5-7H2,1-4H3,(H,17,18)/t8-,9+,14?/m0/s1. The van der Waals surface area contributed by atoms with Crippen LogP contribution in [-0.2, 0) is 19.1 Å². The van der Waals surface area contributed by atoms with Gasteiger partial charge in [-0.15, -0.1) is 0 Å². The van der Waals surface area contributed by atoms with Gasteiger partial charge in [-0.1, -0.05) is 13.8 Å². The van der Waals surface area contributed by atoms with E-state index >= 15 is 0 Å². The molecule has 1 unspecified atom stereocenters. The number of rotatable bonds is 3. The van der Waals surface area contributed by atoms with Gasteiger partial charge < -0.3 is 14.7 Å². The van der Waals surface area contributed by atoms with Gasteiger partial charge in [0.15, 0.2) is 0 Å². The van der Waals surface area contributed by atoms with Crippen LogP contribution in [0.25, 0.3) is 0 Å². The largest absolute Gasteiger partial charge is 0.481 e. The van der Waals surface area contributed by atoms with E-state index in [1.165, 1.54) is 7.11 Å². The summed E-state index contributed by atoms with van der Waals surface area (Å²) in [5, 5.41) is 9.14. The maximum absolute atomic E-state index is 12.4. The van der Waals surface area contributed by atoms with Crippen molar-refractivity contribution < 1.29 is 24.2 Å². The van der Waals surface area contributed by atoms with Crippen molar-refractivity contribution in [3.8, 4) is 0 Å². The normalized spacial score (nSPS) is 34.7. The number of carbonyl (C=O) groups is 3. The topological polar surface area (TPSA) is 83.9 Å². The Kier molecular flexibility index (Phi) is 3.31. The highest BCUT2D eigenvalue weighted by atomic mass is 16.5. The van der Waals surface area contributed by atoms with Gasteiger partial charge in [-0.25, -0.2) is 0 Å². The molecule has 1 saturated carbocycles. The van der Waals surface area contributed by atoms with Crippen molar-refractivity contribution in [3.05, 3.63) is 0 Å². The second-order valence-electron chi connectivity index (χ2n) is 6.68. The minimum absolute atomic E-state index is 0.157. The number of likely N-dealkylation sites (tertiary alicyclic amines) is 1. The first kappa shape index (κ1) is 14.8. The SMILES string of the molecule is COC(=O)C1(C)CCN(C(=O)[C@@H]2[C@H](C(=O)O)C2(C)C)C1. The van der Waals surface area contributed by atoms with Crippen molar-refractivity contribution >= 4 is 17.8 Å². The van der Waals surface area contributed by atoms with Crippen LogP contribution >= 0.6 is 0 Å². The summed E-state index contributed by atoms with van der Waals surface area (Å²) in [6.45, 7) is 6.15. The van der Waals surface area contributed by atoms with Crippen molar-refractivity contribution in [2.24, 2.45) is 22.7 Å². The molecule has 1 aliphatic heterocycles. The average molecular weight is 283 g/mol. The molecule has 2 aliphatic rings. The van der Waals surface area contributed by atoms with Crippen molar-refractivity contribution in [2.75, 3.05) is 20.2 Å². The maximum Gasteiger partial charge on any atom is 0.313 e. The van der Waals surface area contributed by atoms with Gasteiger partial charge in [0, 0.05) is 13.1 Å². The molecule has 3 atom stereocenters. The number of hydrogen-bond donors (Lipinski definition) is 1. The van der Waals surface area contributed by atoms with E-state index in [9.17, 15) is 14.4 Å². The van der Waals surface area contributed by atoms with Crippen LogP contribution in [0.4, 0.5) is 0 Å². The molecule has 1 aliphatic carbocycles. The Hall–Kier alpha value is -1.59. The quantitative estimate of drug-likeness (QED) is 0.773. The van der Waals surface area contributed by atoms with Crippen LogP contribution in [-0.4, -0.2) is 48.1 Å². The predicted molar refractivity (Wildman–Crippen MR) is 69.7 cm³/mol. The lowest BCUT2D eigenvalue weighted by Gasteiger charge is -2.22. The first-order chi connectivity index (χ1) is 9.15. The number of aliphatic carboxylic acids is 1. The number of amides is 1. The van der Waals surface area contributed by atoms with E-state index in [4.69, 9.17) is 9.84 Å². The van der Waals surface area contributed by atoms with E-state index in [-0.39, 0.29) is 11.9 Å². The number of ether oxygens (including phenoxy) is 1. The highest BCUT2D eigenvalue weighted by Gasteiger charge is 2.67. The summed E-state index contributed by atoms with van der Waals surface area (Å²) in [5.74, 6) is -2.52. The van der Waals surface area contributed by atoms with Crippen molar-refractivity contribution in [1.29, 1.82) is 0 Å². The molecule has 0 spiro atoms. The Labute approximate surface area is 118 Å². The average Bonchev–Trinajstić information content (AvgIpc) is 2.74. The molecule has 20 heavy (non-hydrogen) atoms. The van der Waals surface area contributed by atoms with E-state index in [2.05, 4.69) is 0 Å². The van der Waals surface area contributed by atoms with E-state index in [1.807, 2.05) is 0 Å². The molecule has 0 aromatic rings. The van der Waals surface area contributed by atoms with Crippen molar-refractivity contribution in [1.82, 2.24) is 4.90 Å². The van der Waals surface area contributed by atoms with Crippen LogP contribution in [0, 0.1) is 22.7 Å². The molecule has 1 heterocycles. The van der Waals surface area contributed by atoms with Crippen LogP contribution in [0.2, 0.25) is 0 Å². The van der Waals surface area contributed by atoms with Gasteiger partial charge in [-0.05, 0) is 18.8 Å². The van der Waals surface area contributed by atoms with Crippen LogP contribution in [0.5, 0.6) is 0 Å². The van der Waals surface area contributed by atoms with Gasteiger partial charge in [-0.2, -0.15) is 0 Å². The summed E-state index contributed by atoms with van der Waals surface area (Å²) in [5.41, 5.74) is -1.19. The van der Waals surface area contributed by atoms with Crippen LogP contribution in [0.1, 0.15) is 27.2 Å². The van der Waals surface area contributed by atoms with E-state index in [0.29, 0.717) is 19.5 Å². The number of methoxy groups -OCH3 is 1. The summed E-state index contributed by atoms with van der Waals surface area (Å²) in [4.78, 5) is 36.9. The molecular formula is C14H21NO5. The number of esters is 1. The number of carboxylic acids is 1. The van der Waals surface area contributed by atoms with Gasteiger partial charge in [-0.3, -0.25) is 14.4 Å². The first-order valence-electron chi connectivity index (χ1n) is 6.75. The lowest BCUT2D eigenvalue weighted by molar-refractivity contribution is -0.151. The molecule has 2 fully saturated rings. The van der Waals surface area contributed by atoms with E-state index in [0.717, 1.165) is 0 Å². The third-order valence-electron chi connectivity index (χ3n) is 4.82. The van der Waals surface area contributed by atoms with E-state index in [1.54, 1.807) is 25.7 Å². The zero-order valence-corrected chi connectivity index (χ0v) is 12.3. The Bertz CT molecular complexity index is 472. The number of hydrogen-bond acceptors (Lipinski definition) is 4. The molecule has 0 bridgehead atoms. The highest BCUT2D eigenvalue weighted by molar-refractivity contribution is 5.92.